The molecule has 0 bridgehead atoms. The predicted molar refractivity (Wildman–Crippen MR) is 79.3 cm³/mol. The van der Waals surface area contributed by atoms with Gasteiger partial charge < -0.3 is 15.4 Å². The lowest BCUT2D eigenvalue weighted by atomic mass is 10.1. The van der Waals surface area contributed by atoms with Crippen LogP contribution >= 0.6 is 12.2 Å². The van der Waals surface area contributed by atoms with Crippen LogP contribution in [-0.2, 0) is 4.74 Å². The number of thiocarbonyl (C=S) groups is 1. The Morgan fingerprint density at radius 1 is 1.50 bits per heavy atom. The van der Waals surface area contributed by atoms with Crippen molar-refractivity contribution in [1.82, 2.24) is 0 Å². The van der Waals surface area contributed by atoms with Gasteiger partial charge in [-0.15, -0.1) is 0 Å². The van der Waals surface area contributed by atoms with E-state index in [9.17, 15) is 0 Å². The van der Waals surface area contributed by atoms with Crippen LogP contribution in [0.5, 0.6) is 0 Å². The van der Waals surface area contributed by atoms with Gasteiger partial charge in [-0.25, -0.2) is 0 Å². The van der Waals surface area contributed by atoms with E-state index in [0.717, 1.165) is 31.7 Å². The first-order valence-electron chi connectivity index (χ1n) is 6.35. The Bertz CT molecular complexity index is 447. The average molecular weight is 264 g/mol. The smallest absolute Gasteiger partial charge is 0.106 e. The zero-order chi connectivity index (χ0) is 13.1. The van der Waals surface area contributed by atoms with Crippen LogP contribution in [0.4, 0.5) is 5.69 Å². The van der Waals surface area contributed by atoms with E-state index in [0.29, 0.717) is 4.99 Å². The van der Waals surface area contributed by atoms with Crippen LogP contribution < -0.4 is 10.6 Å². The number of nitrogens with two attached hydrogens (primary N) is 1. The molecule has 1 aromatic rings. The molecule has 1 saturated heterocycles. The molecule has 1 fully saturated rings. The van der Waals surface area contributed by atoms with E-state index < -0.39 is 0 Å². The molecule has 4 heteroatoms. The molecule has 0 aromatic heterocycles. The third-order valence-corrected chi connectivity index (χ3v) is 3.49. The minimum Gasteiger partial charge on any atom is -0.389 e. The Kier molecular flexibility index (Phi) is 4.19. The molecule has 1 aromatic carbocycles. The van der Waals surface area contributed by atoms with Crippen molar-refractivity contribution in [3.8, 4) is 0 Å². The van der Waals surface area contributed by atoms with Gasteiger partial charge in [0.15, 0.2) is 0 Å². The zero-order valence-corrected chi connectivity index (χ0v) is 11.8. The molecule has 0 amide bonds. The van der Waals surface area contributed by atoms with Gasteiger partial charge in [-0.1, -0.05) is 24.4 Å². The van der Waals surface area contributed by atoms with Crippen molar-refractivity contribution >= 4 is 22.9 Å². The van der Waals surface area contributed by atoms with E-state index in [1.165, 1.54) is 11.3 Å². The van der Waals surface area contributed by atoms with Gasteiger partial charge in [-0.2, -0.15) is 0 Å². The summed E-state index contributed by atoms with van der Waals surface area (Å²) < 4.78 is 5.69. The summed E-state index contributed by atoms with van der Waals surface area (Å²) >= 11 is 5.16. The standard InChI is InChI=1S/C14H20N2OS/c1-10-5-3-6-12(14(15)18)13(10)16-7-4-8-17-11(2)9-16/h3,5-6,11H,4,7-9H2,1-2H3,(H2,15,18). The number of hydrogen-bond donors (Lipinski definition) is 1. The summed E-state index contributed by atoms with van der Waals surface area (Å²) in [4.78, 5) is 2.81. The Balaban J connectivity index is 2.39. The number of ether oxygens (including phenoxy) is 1. The van der Waals surface area contributed by atoms with Gasteiger partial charge in [-0.05, 0) is 31.9 Å². The van der Waals surface area contributed by atoms with Crippen LogP contribution in [0.1, 0.15) is 24.5 Å². The molecule has 1 aliphatic heterocycles. The number of aryl methyl sites for hydroxylation is 1. The molecule has 1 heterocycles. The molecule has 3 nitrogen and oxygen atoms in total. The van der Waals surface area contributed by atoms with Crippen LogP contribution in [0.3, 0.4) is 0 Å². The van der Waals surface area contributed by atoms with Gasteiger partial charge >= 0.3 is 0 Å². The maximum Gasteiger partial charge on any atom is 0.106 e. The van der Waals surface area contributed by atoms with Crippen molar-refractivity contribution in [3.63, 3.8) is 0 Å². The summed E-state index contributed by atoms with van der Waals surface area (Å²) in [5.74, 6) is 0. The van der Waals surface area contributed by atoms with Gasteiger partial charge in [0.1, 0.15) is 4.99 Å². The van der Waals surface area contributed by atoms with E-state index in [-0.39, 0.29) is 6.10 Å². The van der Waals surface area contributed by atoms with E-state index in [1.807, 2.05) is 12.1 Å². The molecule has 18 heavy (non-hydrogen) atoms. The fourth-order valence-corrected chi connectivity index (χ4v) is 2.64. The molecular weight excluding hydrogens is 244 g/mol. The molecule has 0 saturated carbocycles. The summed E-state index contributed by atoms with van der Waals surface area (Å²) in [5, 5.41) is 0. The maximum atomic E-state index is 5.84. The van der Waals surface area contributed by atoms with E-state index in [2.05, 4.69) is 24.8 Å². The fraction of sp³-hybridized carbons (Fsp3) is 0.500. The van der Waals surface area contributed by atoms with Crippen LogP contribution in [-0.4, -0.2) is 30.8 Å². The Morgan fingerprint density at radius 3 is 3.00 bits per heavy atom. The third kappa shape index (κ3) is 2.82. The highest BCUT2D eigenvalue weighted by Crippen LogP contribution is 2.27. The first kappa shape index (κ1) is 13.3. The molecule has 0 radical (unpaired) electrons. The molecule has 98 valence electrons. The summed E-state index contributed by atoms with van der Waals surface area (Å²) in [6, 6.07) is 6.11. The minimum atomic E-state index is 0.242. The molecular formula is C14H20N2OS. The van der Waals surface area contributed by atoms with Crippen molar-refractivity contribution in [2.75, 3.05) is 24.6 Å². The normalized spacial score (nSPS) is 20.6. The Hall–Kier alpha value is -1.13. The molecule has 1 aliphatic rings. The lowest BCUT2D eigenvalue weighted by Gasteiger charge is -2.28. The topological polar surface area (TPSA) is 38.5 Å². The zero-order valence-electron chi connectivity index (χ0n) is 11.0. The maximum absolute atomic E-state index is 5.84. The van der Waals surface area contributed by atoms with E-state index in [4.69, 9.17) is 22.7 Å². The monoisotopic (exact) mass is 264 g/mol. The van der Waals surface area contributed by atoms with E-state index >= 15 is 0 Å². The summed E-state index contributed by atoms with van der Waals surface area (Å²) in [6.45, 7) is 6.92. The lowest BCUT2D eigenvalue weighted by molar-refractivity contribution is 0.0821. The largest absolute Gasteiger partial charge is 0.389 e. The van der Waals surface area contributed by atoms with Gasteiger partial charge in [-0.3, -0.25) is 0 Å². The van der Waals surface area contributed by atoms with Crippen LogP contribution in [0.2, 0.25) is 0 Å². The number of benzene rings is 1. The Morgan fingerprint density at radius 2 is 2.28 bits per heavy atom. The second-order valence-electron chi connectivity index (χ2n) is 4.82. The van der Waals surface area contributed by atoms with Crippen molar-refractivity contribution in [3.05, 3.63) is 29.3 Å². The molecule has 2 N–H and O–H groups in total. The number of hydrogen-bond acceptors (Lipinski definition) is 3. The quantitative estimate of drug-likeness (QED) is 0.832. The van der Waals surface area contributed by atoms with Crippen molar-refractivity contribution < 1.29 is 4.74 Å². The number of rotatable bonds is 2. The first-order chi connectivity index (χ1) is 8.59. The second-order valence-corrected chi connectivity index (χ2v) is 5.26. The van der Waals surface area contributed by atoms with Crippen molar-refractivity contribution in [1.29, 1.82) is 0 Å². The van der Waals surface area contributed by atoms with Crippen LogP contribution in [0.15, 0.2) is 18.2 Å². The molecule has 1 unspecified atom stereocenters. The number of nitrogens with zero attached hydrogens (tertiary/aromatic N) is 1. The predicted octanol–water partition coefficient (Wildman–Crippen LogP) is 2.24. The van der Waals surface area contributed by atoms with Crippen molar-refractivity contribution in [2.45, 2.75) is 26.4 Å². The molecule has 1 atom stereocenters. The average Bonchev–Trinajstić information content (AvgIpc) is 2.53. The number of anilines is 1. The summed E-state index contributed by atoms with van der Waals surface area (Å²) in [7, 11) is 0. The van der Waals surface area contributed by atoms with Crippen LogP contribution in [0.25, 0.3) is 0 Å². The lowest BCUT2D eigenvalue weighted by Crippen LogP contribution is -2.32. The number of para-hydroxylation sites is 1. The van der Waals surface area contributed by atoms with Crippen molar-refractivity contribution in [2.24, 2.45) is 5.73 Å². The summed E-state index contributed by atoms with van der Waals surface area (Å²) in [5.41, 5.74) is 9.19. The van der Waals surface area contributed by atoms with Gasteiger partial charge in [0.25, 0.3) is 0 Å². The first-order valence-corrected chi connectivity index (χ1v) is 6.76. The fourth-order valence-electron chi connectivity index (χ4n) is 2.47. The van der Waals surface area contributed by atoms with Gasteiger partial charge in [0.2, 0.25) is 0 Å². The highest BCUT2D eigenvalue weighted by atomic mass is 32.1. The van der Waals surface area contributed by atoms with E-state index in [1.54, 1.807) is 0 Å². The highest BCUT2D eigenvalue weighted by molar-refractivity contribution is 7.80. The molecule has 2 rings (SSSR count). The molecule has 0 spiro atoms. The SMILES string of the molecule is Cc1cccc(C(N)=S)c1N1CCCOC(C)C1. The van der Waals surface area contributed by atoms with Crippen LogP contribution in [0, 0.1) is 6.92 Å². The third-order valence-electron chi connectivity index (χ3n) is 3.27. The summed E-state index contributed by atoms with van der Waals surface area (Å²) in [6.07, 6.45) is 1.28. The molecule has 0 aliphatic carbocycles. The minimum absolute atomic E-state index is 0.242. The Labute approximate surface area is 114 Å². The van der Waals surface area contributed by atoms with Gasteiger partial charge in [0.05, 0.1) is 6.10 Å². The highest BCUT2D eigenvalue weighted by Gasteiger charge is 2.20. The van der Waals surface area contributed by atoms with Gasteiger partial charge in [0, 0.05) is 30.9 Å². The second kappa shape index (κ2) is 5.67.